The number of aryl methyl sites for hydroxylation is 2. The number of aliphatic carboxylic acids is 1. The van der Waals surface area contributed by atoms with Crippen molar-refractivity contribution in [2.75, 3.05) is 57.9 Å². The first-order valence-corrected chi connectivity index (χ1v) is 21.5. The van der Waals surface area contributed by atoms with Crippen LogP contribution in [0.3, 0.4) is 0 Å². The summed E-state index contributed by atoms with van der Waals surface area (Å²) in [7, 11) is 0. The third-order valence-electron chi connectivity index (χ3n) is 10.1. The molecule has 2 aliphatic rings. The first kappa shape index (κ1) is 48.3. The minimum Gasteiger partial charge on any atom is -0.493 e. The van der Waals surface area contributed by atoms with Crippen molar-refractivity contribution in [3.8, 4) is 33.9 Å². The number of carboxylic acids is 2. The summed E-state index contributed by atoms with van der Waals surface area (Å²) < 4.78 is 29.1. The number of aromatic carboxylic acids is 1. The third kappa shape index (κ3) is 13.6. The molecule has 0 fully saturated rings. The van der Waals surface area contributed by atoms with Crippen LogP contribution in [-0.2, 0) is 19.1 Å². The highest BCUT2D eigenvalue weighted by molar-refractivity contribution is 6.05. The number of ether oxygens (including phenoxy) is 4. The molecule has 1 aliphatic carbocycles. The van der Waals surface area contributed by atoms with Gasteiger partial charge in [-0.3, -0.25) is 14.6 Å². The average Bonchev–Trinajstić information content (AvgIpc) is 3.27. The fraction of sp³-hybridized carbons (Fsp3) is 0.367. The van der Waals surface area contributed by atoms with Crippen LogP contribution in [0.25, 0.3) is 33.4 Å². The highest BCUT2D eigenvalue weighted by Gasteiger charge is 2.23. The van der Waals surface area contributed by atoms with Crippen molar-refractivity contribution in [3.63, 3.8) is 0 Å². The monoisotopic (exact) mass is 878 g/mol. The SMILES string of the molecule is C=CCOC(COc1cccc(C(=O)NCCCCCNC(=O)CCCOc2ccc(C(=O)O)cc2-c2c3cc(C)/c(=N\CC)cc-3oc3cc(NCC)c(C)cc23)c1)OCC(=O)O. The number of fused-ring (bicyclic) bond motifs is 2. The zero-order valence-corrected chi connectivity index (χ0v) is 36.9. The van der Waals surface area contributed by atoms with Gasteiger partial charge in [-0.25, -0.2) is 9.59 Å². The van der Waals surface area contributed by atoms with E-state index in [0.717, 1.165) is 58.1 Å². The van der Waals surface area contributed by atoms with Crippen molar-refractivity contribution in [1.82, 2.24) is 10.6 Å². The fourth-order valence-electron chi connectivity index (χ4n) is 7.02. The second-order valence-corrected chi connectivity index (χ2v) is 15.0. The Kier molecular flexibility index (Phi) is 18.3. The summed E-state index contributed by atoms with van der Waals surface area (Å²) in [6.45, 7) is 13.6. The largest absolute Gasteiger partial charge is 0.493 e. The molecular formula is C49H58N4O11. The van der Waals surface area contributed by atoms with Gasteiger partial charge in [-0.15, -0.1) is 6.58 Å². The van der Waals surface area contributed by atoms with Crippen molar-refractivity contribution in [1.29, 1.82) is 0 Å². The van der Waals surface area contributed by atoms with Gasteiger partial charge in [-0.1, -0.05) is 12.1 Å². The van der Waals surface area contributed by atoms with Crippen LogP contribution in [0.15, 0.2) is 88.8 Å². The van der Waals surface area contributed by atoms with Gasteiger partial charge in [0.05, 0.1) is 24.1 Å². The average molecular weight is 879 g/mol. The second kappa shape index (κ2) is 24.2. The van der Waals surface area contributed by atoms with Crippen LogP contribution in [0.5, 0.6) is 11.5 Å². The molecule has 1 aliphatic heterocycles. The van der Waals surface area contributed by atoms with E-state index in [9.17, 15) is 24.3 Å². The number of carbonyl (C=O) groups excluding carboxylic acids is 2. The van der Waals surface area contributed by atoms with E-state index in [1.165, 1.54) is 12.1 Å². The molecular weight excluding hydrogens is 821 g/mol. The Morgan fingerprint density at radius 2 is 1.64 bits per heavy atom. The van der Waals surface area contributed by atoms with Gasteiger partial charge in [0.2, 0.25) is 5.91 Å². The zero-order chi connectivity index (χ0) is 46.0. The van der Waals surface area contributed by atoms with Gasteiger partial charge in [-0.2, -0.15) is 0 Å². The summed E-state index contributed by atoms with van der Waals surface area (Å²) in [4.78, 5) is 53.3. The number of nitrogens with zero attached hydrogens (tertiary/aromatic N) is 1. The highest BCUT2D eigenvalue weighted by atomic mass is 16.7. The van der Waals surface area contributed by atoms with Crippen molar-refractivity contribution in [2.45, 2.75) is 66.1 Å². The summed E-state index contributed by atoms with van der Waals surface area (Å²) in [5, 5.41) is 29.8. The Bertz CT molecular complexity index is 2460. The number of benzene rings is 4. The summed E-state index contributed by atoms with van der Waals surface area (Å²) in [6, 6.07) is 19.4. The summed E-state index contributed by atoms with van der Waals surface area (Å²) in [6.07, 6.45) is 3.48. The lowest BCUT2D eigenvalue weighted by Gasteiger charge is -2.20. The van der Waals surface area contributed by atoms with E-state index in [4.69, 9.17) is 28.5 Å². The summed E-state index contributed by atoms with van der Waals surface area (Å²) in [5.74, 6) is -1.08. The smallest absolute Gasteiger partial charge is 0.335 e. The summed E-state index contributed by atoms with van der Waals surface area (Å²) in [5.41, 5.74) is 6.22. The second-order valence-electron chi connectivity index (χ2n) is 15.0. The Morgan fingerprint density at radius 3 is 2.38 bits per heavy atom. The van der Waals surface area contributed by atoms with Gasteiger partial charge in [-0.05, 0) is 113 Å². The molecule has 340 valence electrons. The van der Waals surface area contributed by atoms with E-state index in [1.54, 1.807) is 36.4 Å². The van der Waals surface area contributed by atoms with E-state index >= 15 is 0 Å². The number of amides is 2. The van der Waals surface area contributed by atoms with Gasteiger partial charge in [0.25, 0.3) is 5.91 Å². The number of carboxylic acid groups (broad SMARTS) is 2. The molecule has 15 nitrogen and oxygen atoms in total. The Morgan fingerprint density at radius 1 is 0.844 bits per heavy atom. The topological polar surface area (TPSA) is 207 Å². The van der Waals surface area contributed by atoms with Crippen LogP contribution in [-0.4, -0.2) is 92.9 Å². The molecule has 64 heavy (non-hydrogen) atoms. The first-order chi connectivity index (χ1) is 30.9. The molecule has 1 atom stereocenters. The number of hydrogen-bond acceptors (Lipinski definition) is 11. The van der Waals surface area contributed by atoms with Gasteiger partial charge in [0.15, 0.2) is 6.29 Å². The molecule has 0 bridgehead atoms. The molecule has 1 heterocycles. The molecule has 2 amide bonds. The molecule has 5 rings (SSSR count). The number of nitrogens with one attached hydrogen (secondary N) is 3. The molecule has 1 unspecified atom stereocenters. The predicted molar refractivity (Wildman–Crippen MR) is 244 cm³/mol. The normalized spacial score (nSPS) is 11.9. The number of unbranched alkanes of at least 4 members (excludes halogenated alkanes) is 2. The Labute approximate surface area is 372 Å². The standard InChI is InChI=1S/C49H58N4O11/c1-6-21-61-46(63-29-45(55)56)30-62-35-15-12-14-33(25-35)48(57)53-20-11-9-10-19-52-44(54)16-13-22-60-41-18-17-34(49(58)59)26-38(41)47-36-23-31(4)39(50-7-2)27-42(36)64-43-28-40(51-8-3)32(5)24-37(43)47/h6,12,14-15,17-18,23-28,46,50H,1,7-11,13,16,19-22,29-30H2,2-5H3,(H,52,54)(H,53,57)(H,55,56)(H,58,59)/b51-40-. The minimum absolute atomic E-state index is 0.0840. The molecule has 5 N–H and O–H groups in total. The van der Waals surface area contributed by atoms with E-state index < -0.39 is 24.8 Å². The molecule has 0 radical (unpaired) electrons. The number of hydrogen-bond donors (Lipinski definition) is 5. The van der Waals surface area contributed by atoms with Crippen molar-refractivity contribution >= 4 is 40.4 Å². The third-order valence-corrected chi connectivity index (χ3v) is 10.1. The Balaban J connectivity index is 1.12. The van der Waals surface area contributed by atoms with Crippen LogP contribution < -0.4 is 30.8 Å². The predicted octanol–water partition coefficient (Wildman–Crippen LogP) is 7.76. The molecule has 3 aromatic rings. The van der Waals surface area contributed by atoms with E-state index in [2.05, 4.69) is 27.5 Å². The molecule has 0 spiro atoms. The van der Waals surface area contributed by atoms with Crippen LogP contribution in [0.2, 0.25) is 0 Å². The number of carbonyl (C=O) groups is 4. The summed E-state index contributed by atoms with van der Waals surface area (Å²) >= 11 is 0. The van der Waals surface area contributed by atoms with Crippen LogP contribution in [0.4, 0.5) is 5.69 Å². The van der Waals surface area contributed by atoms with Gasteiger partial charge < -0.3 is 49.5 Å². The van der Waals surface area contributed by atoms with Crippen LogP contribution in [0.1, 0.15) is 77.8 Å². The van der Waals surface area contributed by atoms with Crippen molar-refractivity contribution < 1.29 is 52.8 Å². The molecule has 3 aromatic carbocycles. The van der Waals surface area contributed by atoms with Gasteiger partial charge in [0, 0.05) is 78.1 Å². The van der Waals surface area contributed by atoms with Gasteiger partial charge >= 0.3 is 11.9 Å². The lowest BCUT2D eigenvalue weighted by molar-refractivity contribution is -0.172. The van der Waals surface area contributed by atoms with Crippen LogP contribution >= 0.6 is 0 Å². The quantitative estimate of drug-likeness (QED) is 0.0156. The number of rotatable bonds is 26. The number of anilines is 1. The lowest BCUT2D eigenvalue weighted by Crippen LogP contribution is -2.28. The molecule has 0 aromatic heterocycles. The minimum atomic E-state index is -1.14. The fourth-order valence-corrected chi connectivity index (χ4v) is 7.02. The maximum absolute atomic E-state index is 12.8. The zero-order valence-electron chi connectivity index (χ0n) is 36.9. The van der Waals surface area contributed by atoms with Gasteiger partial charge in [0.1, 0.15) is 36.1 Å². The first-order valence-electron chi connectivity index (χ1n) is 21.5. The van der Waals surface area contributed by atoms with Crippen LogP contribution in [0, 0.1) is 13.8 Å². The van der Waals surface area contributed by atoms with E-state index in [0.29, 0.717) is 66.4 Å². The molecule has 0 saturated carbocycles. The maximum Gasteiger partial charge on any atom is 0.335 e. The maximum atomic E-state index is 12.8. The van der Waals surface area contributed by atoms with Crippen molar-refractivity contribution in [2.24, 2.45) is 4.99 Å². The van der Waals surface area contributed by atoms with E-state index in [-0.39, 0.29) is 43.6 Å². The molecule has 15 heteroatoms. The Hall–Kier alpha value is -6.71. The highest BCUT2D eigenvalue weighted by Crippen LogP contribution is 2.45. The molecule has 0 saturated heterocycles. The van der Waals surface area contributed by atoms with E-state index in [1.807, 2.05) is 52.0 Å². The van der Waals surface area contributed by atoms with Crippen molar-refractivity contribution in [3.05, 3.63) is 107 Å². The lowest BCUT2D eigenvalue weighted by atomic mass is 9.90.